The van der Waals surface area contributed by atoms with Crippen LogP contribution in [0.25, 0.3) is 0 Å². The molecule has 3 heteroatoms. The number of nitrogens with one attached hydrogen (secondary N) is 1. The normalized spacial score (nSPS) is 22.4. The van der Waals surface area contributed by atoms with Crippen molar-refractivity contribution in [2.24, 2.45) is 0 Å². The van der Waals surface area contributed by atoms with Gasteiger partial charge in [0, 0.05) is 31.4 Å². The molecule has 0 bridgehead atoms. The van der Waals surface area contributed by atoms with Gasteiger partial charge in [-0.2, -0.15) is 0 Å². The van der Waals surface area contributed by atoms with Gasteiger partial charge in [-0.3, -0.25) is 9.88 Å². The Hall–Kier alpha value is -1.87. The lowest BCUT2D eigenvalue weighted by molar-refractivity contribution is 0.259. The van der Waals surface area contributed by atoms with Gasteiger partial charge in [0.1, 0.15) is 0 Å². The topological polar surface area (TPSA) is 28.2 Å². The van der Waals surface area contributed by atoms with Crippen molar-refractivity contribution in [1.29, 1.82) is 0 Å². The summed E-state index contributed by atoms with van der Waals surface area (Å²) in [4.78, 5) is 6.91. The molecule has 0 amide bonds. The molecule has 1 aromatic carbocycles. The Morgan fingerprint density at radius 1 is 1.19 bits per heavy atom. The van der Waals surface area contributed by atoms with E-state index in [1.165, 1.54) is 12.0 Å². The van der Waals surface area contributed by atoms with Crippen LogP contribution in [-0.2, 0) is 6.54 Å². The van der Waals surface area contributed by atoms with Crippen LogP contribution in [0.15, 0.2) is 48.7 Å². The van der Waals surface area contributed by atoms with Crippen LogP contribution >= 0.6 is 0 Å². The molecule has 2 aromatic rings. The van der Waals surface area contributed by atoms with Crippen LogP contribution in [0.1, 0.15) is 24.6 Å². The first-order valence-electron chi connectivity index (χ1n) is 7.68. The van der Waals surface area contributed by atoms with E-state index in [0.717, 1.165) is 24.5 Å². The monoisotopic (exact) mass is 281 g/mol. The summed E-state index contributed by atoms with van der Waals surface area (Å²) in [5, 5.41) is 3.65. The predicted molar refractivity (Wildman–Crippen MR) is 87.3 cm³/mol. The minimum atomic E-state index is 0.506. The van der Waals surface area contributed by atoms with Crippen LogP contribution in [0, 0.1) is 6.92 Å². The second-order valence-electron chi connectivity index (χ2n) is 5.98. The molecule has 3 nitrogen and oxygen atoms in total. The molecule has 0 aliphatic carbocycles. The average Bonchev–Trinajstić information content (AvgIpc) is 2.82. The number of aryl methyl sites for hydroxylation is 1. The van der Waals surface area contributed by atoms with Crippen molar-refractivity contribution < 1.29 is 0 Å². The van der Waals surface area contributed by atoms with Gasteiger partial charge in [-0.25, -0.2) is 0 Å². The molecule has 1 fully saturated rings. The zero-order chi connectivity index (χ0) is 14.7. The van der Waals surface area contributed by atoms with Crippen LogP contribution in [0.4, 0.5) is 5.69 Å². The quantitative estimate of drug-likeness (QED) is 0.930. The molecule has 2 atom stereocenters. The number of hydrogen-bond acceptors (Lipinski definition) is 3. The third-order valence-corrected chi connectivity index (χ3v) is 4.30. The Kier molecular flexibility index (Phi) is 4.20. The molecular formula is C18H23N3. The maximum absolute atomic E-state index is 4.35. The fourth-order valence-electron chi connectivity index (χ4n) is 3.10. The van der Waals surface area contributed by atoms with Crippen molar-refractivity contribution in [3.63, 3.8) is 0 Å². The van der Waals surface area contributed by atoms with Crippen molar-refractivity contribution in [2.75, 3.05) is 11.9 Å². The zero-order valence-corrected chi connectivity index (χ0v) is 12.8. The van der Waals surface area contributed by atoms with E-state index >= 15 is 0 Å². The molecule has 0 spiro atoms. The number of aromatic nitrogens is 1. The predicted octanol–water partition coefficient (Wildman–Crippen LogP) is 3.46. The summed E-state index contributed by atoms with van der Waals surface area (Å²) in [7, 11) is 0. The number of rotatable bonds is 4. The third kappa shape index (κ3) is 3.42. The summed E-state index contributed by atoms with van der Waals surface area (Å²) in [5.41, 5.74) is 3.63. The largest absolute Gasteiger partial charge is 0.379 e. The van der Waals surface area contributed by atoms with E-state index in [1.54, 1.807) is 0 Å². The van der Waals surface area contributed by atoms with Gasteiger partial charge in [0.15, 0.2) is 0 Å². The molecule has 2 heterocycles. The molecule has 0 saturated carbocycles. The first kappa shape index (κ1) is 14.1. The van der Waals surface area contributed by atoms with Crippen LogP contribution in [0.3, 0.4) is 0 Å². The minimum absolute atomic E-state index is 0.506. The second-order valence-corrected chi connectivity index (χ2v) is 5.98. The molecule has 1 aromatic heterocycles. The lowest BCUT2D eigenvalue weighted by Gasteiger charge is -2.21. The maximum atomic E-state index is 4.35. The van der Waals surface area contributed by atoms with E-state index in [1.807, 2.05) is 12.3 Å². The third-order valence-electron chi connectivity index (χ3n) is 4.30. The van der Waals surface area contributed by atoms with Gasteiger partial charge in [0.2, 0.25) is 0 Å². The maximum Gasteiger partial charge on any atom is 0.0603 e. The molecular weight excluding hydrogens is 258 g/mol. The molecule has 1 aliphatic heterocycles. The van der Waals surface area contributed by atoms with E-state index < -0.39 is 0 Å². The fraction of sp³-hybridized carbons (Fsp3) is 0.389. The molecule has 1 saturated heterocycles. The van der Waals surface area contributed by atoms with Gasteiger partial charge in [0.05, 0.1) is 11.4 Å². The number of hydrogen-bond donors (Lipinski definition) is 1. The highest BCUT2D eigenvalue weighted by Crippen LogP contribution is 2.23. The molecule has 1 aliphatic rings. The van der Waals surface area contributed by atoms with Gasteiger partial charge in [0.25, 0.3) is 0 Å². The van der Waals surface area contributed by atoms with Crippen LogP contribution in [0.2, 0.25) is 0 Å². The van der Waals surface area contributed by atoms with Gasteiger partial charge in [-0.05, 0) is 38.0 Å². The van der Waals surface area contributed by atoms with Crippen LogP contribution in [0.5, 0.6) is 0 Å². The van der Waals surface area contributed by atoms with E-state index in [4.69, 9.17) is 0 Å². The molecule has 0 radical (unpaired) electrons. The number of pyridine rings is 1. The highest BCUT2D eigenvalue weighted by molar-refractivity contribution is 5.47. The Labute approximate surface area is 127 Å². The first-order valence-corrected chi connectivity index (χ1v) is 7.68. The van der Waals surface area contributed by atoms with Crippen molar-refractivity contribution in [2.45, 2.75) is 38.9 Å². The van der Waals surface area contributed by atoms with Crippen molar-refractivity contribution in [3.8, 4) is 0 Å². The summed E-state index contributed by atoms with van der Waals surface area (Å²) < 4.78 is 0. The summed E-state index contributed by atoms with van der Waals surface area (Å²) in [6.45, 7) is 6.50. The molecule has 2 unspecified atom stereocenters. The Balaban J connectivity index is 1.62. The molecule has 110 valence electrons. The smallest absolute Gasteiger partial charge is 0.0603 e. The highest BCUT2D eigenvalue weighted by atomic mass is 15.2. The zero-order valence-electron chi connectivity index (χ0n) is 12.8. The summed E-state index contributed by atoms with van der Waals surface area (Å²) in [6, 6.07) is 16.0. The molecule has 21 heavy (non-hydrogen) atoms. The fourth-order valence-corrected chi connectivity index (χ4v) is 3.10. The minimum Gasteiger partial charge on any atom is -0.379 e. The average molecular weight is 281 g/mol. The SMILES string of the molecule is Cc1ncccc1NC1CC(C)N(Cc2ccccc2)C1. The molecule has 1 N–H and O–H groups in total. The number of anilines is 1. The lowest BCUT2D eigenvalue weighted by Crippen LogP contribution is -2.28. The Morgan fingerprint density at radius 2 is 2.00 bits per heavy atom. The summed E-state index contributed by atoms with van der Waals surface area (Å²) >= 11 is 0. The van der Waals surface area contributed by atoms with Crippen LogP contribution < -0.4 is 5.32 Å². The van der Waals surface area contributed by atoms with E-state index in [2.05, 4.69) is 65.4 Å². The summed E-state index contributed by atoms with van der Waals surface area (Å²) in [6.07, 6.45) is 3.03. The van der Waals surface area contributed by atoms with Crippen molar-refractivity contribution >= 4 is 5.69 Å². The highest BCUT2D eigenvalue weighted by Gasteiger charge is 2.28. The van der Waals surface area contributed by atoms with E-state index in [9.17, 15) is 0 Å². The van der Waals surface area contributed by atoms with Crippen LogP contribution in [-0.4, -0.2) is 28.5 Å². The number of nitrogens with zero attached hydrogens (tertiary/aromatic N) is 2. The van der Waals surface area contributed by atoms with Gasteiger partial charge >= 0.3 is 0 Å². The Morgan fingerprint density at radius 3 is 2.76 bits per heavy atom. The van der Waals surface area contributed by atoms with Gasteiger partial charge < -0.3 is 5.32 Å². The lowest BCUT2D eigenvalue weighted by atomic mass is 10.1. The van der Waals surface area contributed by atoms with E-state index in [0.29, 0.717) is 12.1 Å². The van der Waals surface area contributed by atoms with Gasteiger partial charge in [-0.1, -0.05) is 30.3 Å². The van der Waals surface area contributed by atoms with Crippen molar-refractivity contribution in [1.82, 2.24) is 9.88 Å². The van der Waals surface area contributed by atoms with Gasteiger partial charge in [-0.15, -0.1) is 0 Å². The first-order chi connectivity index (χ1) is 10.2. The van der Waals surface area contributed by atoms with Crippen molar-refractivity contribution in [3.05, 3.63) is 59.9 Å². The Bertz CT molecular complexity index is 582. The molecule has 3 rings (SSSR count). The number of benzene rings is 1. The number of likely N-dealkylation sites (tertiary alicyclic amines) is 1. The standard InChI is InChI=1S/C18H23N3/c1-14-11-17(20-18-9-6-10-19-15(18)2)13-21(14)12-16-7-4-3-5-8-16/h3-10,14,17,20H,11-13H2,1-2H3. The second kappa shape index (κ2) is 6.27. The van der Waals surface area contributed by atoms with E-state index in [-0.39, 0.29) is 0 Å². The summed E-state index contributed by atoms with van der Waals surface area (Å²) in [5.74, 6) is 0.